The van der Waals surface area contributed by atoms with Gasteiger partial charge in [0.15, 0.2) is 0 Å². The van der Waals surface area contributed by atoms with Gasteiger partial charge in [-0.15, -0.1) is 0 Å². The average Bonchev–Trinajstić information content (AvgIpc) is 2.32. The molecule has 2 saturated heterocycles. The molecule has 98 valence electrons. The lowest BCUT2D eigenvalue weighted by Crippen LogP contribution is -2.51. The molecule has 3 N–H and O–H groups in total. The average molecular weight is 239 g/mol. The zero-order valence-corrected chi connectivity index (χ0v) is 10.8. The molecule has 0 spiro atoms. The van der Waals surface area contributed by atoms with Crippen LogP contribution in [0.25, 0.3) is 0 Å². The topological polar surface area (TPSA) is 58.4 Å². The molecular formula is C13H25N3O. The summed E-state index contributed by atoms with van der Waals surface area (Å²) in [7, 11) is 0. The Morgan fingerprint density at radius 2 is 2.06 bits per heavy atom. The number of primary amides is 1. The van der Waals surface area contributed by atoms with Crippen molar-refractivity contribution in [1.82, 2.24) is 10.2 Å². The zero-order chi connectivity index (χ0) is 12.3. The van der Waals surface area contributed by atoms with Crippen molar-refractivity contribution in [3.05, 3.63) is 0 Å². The van der Waals surface area contributed by atoms with E-state index in [0.717, 1.165) is 38.5 Å². The Kier molecular flexibility index (Phi) is 4.40. The first kappa shape index (κ1) is 12.8. The van der Waals surface area contributed by atoms with Gasteiger partial charge in [-0.25, -0.2) is 0 Å². The molecule has 0 aliphatic carbocycles. The van der Waals surface area contributed by atoms with Crippen molar-refractivity contribution in [3.8, 4) is 0 Å². The maximum Gasteiger partial charge on any atom is 0.234 e. The van der Waals surface area contributed by atoms with Gasteiger partial charge >= 0.3 is 0 Å². The van der Waals surface area contributed by atoms with Crippen LogP contribution in [0.5, 0.6) is 0 Å². The Morgan fingerprint density at radius 3 is 2.71 bits per heavy atom. The SMILES string of the molecule is CC1CCN(CC2CCNCC2)C(C(N)=O)C1. The third-order valence-electron chi connectivity index (χ3n) is 4.26. The van der Waals surface area contributed by atoms with Gasteiger partial charge in [0.1, 0.15) is 0 Å². The standard InChI is InChI=1S/C13H25N3O/c1-10-4-7-16(12(8-10)13(14)17)9-11-2-5-15-6-3-11/h10-12,15H,2-9H2,1H3,(H2,14,17). The molecule has 0 aromatic rings. The Labute approximate surface area is 104 Å². The molecule has 2 rings (SSSR count). The number of nitrogens with one attached hydrogen (secondary N) is 1. The van der Waals surface area contributed by atoms with Crippen LogP contribution >= 0.6 is 0 Å². The predicted octanol–water partition coefficient (Wildman–Crippen LogP) is 0.572. The van der Waals surface area contributed by atoms with Gasteiger partial charge in [-0.3, -0.25) is 9.69 Å². The van der Waals surface area contributed by atoms with Crippen molar-refractivity contribution in [3.63, 3.8) is 0 Å². The van der Waals surface area contributed by atoms with Crippen LogP contribution in [0, 0.1) is 11.8 Å². The van der Waals surface area contributed by atoms with Crippen LogP contribution in [0.1, 0.15) is 32.6 Å². The minimum atomic E-state index is -0.134. The molecule has 2 heterocycles. The lowest BCUT2D eigenvalue weighted by Gasteiger charge is -2.39. The molecule has 2 aliphatic rings. The molecule has 1 amide bonds. The molecule has 0 bridgehead atoms. The van der Waals surface area contributed by atoms with Crippen molar-refractivity contribution in [2.24, 2.45) is 17.6 Å². The highest BCUT2D eigenvalue weighted by molar-refractivity contribution is 5.79. The number of piperidine rings is 2. The number of hydrogen-bond donors (Lipinski definition) is 2. The van der Waals surface area contributed by atoms with Gasteiger partial charge in [-0.2, -0.15) is 0 Å². The predicted molar refractivity (Wildman–Crippen MR) is 68.5 cm³/mol. The minimum absolute atomic E-state index is 0.0198. The summed E-state index contributed by atoms with van der Waals surface area (Å²) in [5.74, 6) is 1.24. The normalized spacial score (nSPS) is 32.5. The fourth-order valence-electron chi connectivity index (χ4n) is 3.10. The summed E-state index contributed by atoms with van der Waals surface area (Å²) in [5, 5.41) is 3.38. The fourth-order valence-corrected chi connectivity index (χ4v) is 3.10. The summed E-state index contributed by atoms with van der Waals surface area (Å²) in [5.41, 5.74) is 5.53. The molecule has 2 atom stereocenters. The van der Waals surface area contributed by atoms with Crippen molar-refractivity contribution >= 4 is 5.91 Å². The Morgan fingerprint density at radius 1 is 1.35 bits per heavy atom. The summed E-state index contributed by atoms with van der Waals surface area (Å²) in [6.45, 7) is 6.56. The lowest BCUT2D eigenvalue weighted by molar-refractivity contribution is -0.125. The van der Waals surface area contributed by atoms with Crippen LogP contribution in [0.2, 0.25) is 0 Å². The van der Waals surface area contributed by atoms with Crippen LogP contribution in [-0.2, 0) is 4.79 Å². The highest BCUT2D eigenvalue weighted by Crippen LogP contribution is 2.25. The van der Waals surface area contributed by atoms with Crippen LogP contribution in [0.3, 0.4) is 0 Å². The van der Waals surface area contributed by atoms with E-state index in [1.54, 1.807) is 0 Å². The van der Waals surface area contributed by atoms with Gasteiger partial charge in [-0.1, -0.05) is 6.92 Å². The first-order valence-corrected chi connectivity index (χ1v) is 6.91. The first-order chi connectivity index (χ1) is 8.16. The highest BCUT2D eigenvalue weighted by atomic mass is 16.1. The summed E-state index contributed by atoms with van der Waals surface area (Å²) in [6, 6.07) is -0.0198. The number of likely N-dealkylation sites (tertiary alicyclic amines) is 1. The fraction of sp³-hybridized carbons (Fsp3) is 0.923. The number of carbonyl (C=O) groups is 1. The molecule has 4 nitrogen and oxygen atoms in total. The number of rotatable bonds is 3. The summed E-state index contributed by atoms with van der Waals surface area (Å²) in [4.78, 5) is 13.9. The minimum Gasteiger partial charge on any atom is -0.368 e. The van der Waals surface area contributed by atoms with Crippen molar-refractivity contribution < 1.29 is 4.79 Å². The maximum atomic E-state index is 11.5. The number of hydrogen-bond acceptors (Lipinski definition) is 3. The van der Waals surface area contributed by atoms with E-state index in [1.807, 2.05) is 0 Å². The summed E-state index contributed by atoms with van der Waals surface area (Å²) in [6.07, 6.45) is 4.62. The van der Waals surface area contributed by atoms with E-state index in [9.17, 15) is 4.79 Å². The van der Waals surface area contributed by atoms with Gasteiger partial charge in [0.25, 0.3) is 0 Å². The van der Waals surface area contributed by atoms with Crippen molar-refractivity contribution in [2.75, 3.05) is 26.2 Å². The number of nitrogens with zero attached hydrogens (tertiary/aromatic N) is 1. The quantitative estimate of drug-likeness (QED) is 0.757. The molecule has 0 radical (unpaired) electrons. The molecule has 2 unspecified atom stereocenters. The lowest BCUT2D eigenvalue weighted by atomic mass is 9.89. The third kappa shape index (κ3) is 3.42. The molecular weight excluding hydrogens is 214 g/mol. The van der Waals surface area contributed by atoms with Gasteiger partial charge in [-0.05, 0) is 57.2 Å². The van der Waals surface area contributed by atoms with Crippen LogP contribution < -0.4 is 11.1 Å². The van der Waals surface area contributed by atoms with E-state index in [1.165, 1.54) is 19.3 Å². The largest absolute Gasteiger partial charge is 0.368 e. The summed E-state index contributed by atoms with van der Waals surface area (Å²) < 4.78 is 0. The van der Waals surface area contributed by atoms with Gasteiger partial charge in [0.05, 0.1) is 6.04 Å². The van der Waals surface area contributed by atoms with Gasteiger partial charge in [0, 0.05) is 6.54 Å². The Hall–Kier alpha value is -0.610. The molecule has 0 aromatic carbocycles. The number of nitrogens with two attached hydrogens (primary N) is 1. The number of carbonyl (C=O) groups excluding carboxylic acids is 1. The molecule has 0 saturated carbocycles. The molecule has 17 heavy (non-hydrogen) atoms. The van der Waals surface area contributed by atoms with Crippen LogP contribution in [0.15, 0.2) is 0 Å². The smallest absolute Gasteiger partial charge is 0.234 e. The van der Waals surface area contributed by atoms with E-state index in [-0.39, 0.29) is 11.9 Å². The Balaban J connectivity index is 1.90. The highest BCUT2D eigenvalue weighted by Gasteiger charge is 2.31. The van der Waals surface area contributed by atoms with E-state index in [0.29, 0.717) is 5.92 Å². The van der Waals surface area contributed by atoms with E-state index in [2.05, 4.69) is 17.1 Å². The van der Waals surface area contributed by atoms with E-state index >= 15 is 0 Å². The number of amides is 1. The molecule has 2 fully saturated rings. The monoisotopic (exact) mass is 239 g/mol. The molecule has 2 aliphatic heterocycles. The van der Waals surface area contributed by atoms with Gasteiger partial charge in [0.2, 0.25) is 5.91 Å². The first-order valence-electron chi connectivity index (χ1n) is 6.91. The second-order valence-electron chi connectivity index (χ2n) is 5.74. The second kappa shape index (κ2) is 5.83. The van der Waals surface area contributed by atoms with Crippen molar-refractivity contribution in [2.45, 2.75) is 38.6 Å². The Bertz CT molecular complexity index is 263. The molecule has 4 heteroatoms. The van der Waals surface area contributed by atoms with E-state index < -0.39 is 0 Å². The zero-order valence-electron chi connectivity index (χ0n) is 10.8. The third-order valence-corrected chi connectivity index (χ3v) is 4.26. The molecule has 0 aromatic heterocycles. The van der Waals surface area contributed by atoms with Crippen LogP contribution in [-0.4, -0.2) is 43.0 Å². The van der Waals surface area contributed by atoms with Crippen LogP contribution in [0.4, 0.5) is 0 Å². The maximum absolute atomic E-state index is 11.5. The second-order valence-corrected chi connectivity index (χ2v) is 5.74. The van der Waals surface area contributed by atoms with E-state index in [4.69, 9.17) is 5.73 Å². The van der Waals surface area contributed by atoms with Crippen molar-refractivity contribution in [1.29, 1.82) is 0 Å². The van der Waals surface area contributed by atoms with Gasteiger partial charge < -0.3 is 11.1 Å². The summed E-state index contributed by atoms with van der Waals surface area (Å²) >= 11 is 0.